The third kappa shape index (κ3) is 3.89. The molecule has 0 saturated carbocycles. The van der Waals surface area contributed by atoms with Crippen LogP contribution in [0.5, 0.6) is 0 Å². The highest BCUT2D eigenvalue weighted by Crippen LogP contribution is 2.13. The number of ether oxygens (including phenoxy) is 1. The van der Waals surface area contributed by atoms with Gasteiger partial charge in [-0.3, -0.25) is 0 Å². The molecule has 1 radical (unpaired) electrons. The molecule has 0 aliphatic carbocycles. The monoisotopic (exact) mass is 143 g/mol. The maximum absolute atomic E-state index is 5.51. The molecule has 0 rings (SSSR count). The fourth-order valence-electron chi connectivity index (χ4n) is 1.00. The zero-order chi connectivity index (χ0) is 7.98. The van der Waals surface area contributed by atoms with Crippen molar-refractivity contribution in [1.29, 1.82) is 0 Å². The molecule has 1 nitrogen and oxygen atoms in total. The lowest BCUT2D eigenvalue weighted by Crippen LogP contribution is -2.17. The predicted octanol–water partition coefficient (Wildman–Crippen LogP) is 2.81. The van der Waals surface area contributed by atoms with E-state index in [9.17, 15) is 0 Å². The summed E-state index contributed by atoms with van der Waals surface area (Å²) < 4.78 is 5.51. The molecular weight excluding hydrogens is 124 g/mol. The first kappa shape index (κ1) is 9.96. The molecule has 0 aromatic carbocycles. The molecule has 1 atom stereocenters. The van der Waals surface area contributed by atoms with E-state index in [0.29, 0.717) is 6.10 Å². The van der Waals surface area contributed by atoms with Crippen LogP contribution in [0.4, 0.5) is 0 Å². The van der Waals surface area contributed by atoms with Crippen molar-refractivity contribution < 1.29 is 4.74 Å². The largest absolute Gasteiger partial charge is 0.378 e. The van der Waals surface area contributed by atoms with Gasteiger partial charge in [0, 0.05) is 6.61 Å². The van der Waals surface area contributed by atoms with Crippen LogP contribution in [-0.4, -0.2) is 12.7 Å². The summed E-state index contributed by atoms with van der Waals surface area (Å²) in [5.41, 5.74) is 0. The lowest BCUT2D eigenvalue weighted by Gasteiger charge is -2.19. The van der Waals surface area contributed by atoms with Crippen LogP contribution < -0.4 is 0 Å². The zero-order valence-corrected chi connectivity index (χ0v) is 7.61. The van der Waals surface area contributed by atoms with E-state index in [1.54, 1.807) is 0 Å². The first-order chi connectivity index (χ1) is 4.72. The molecule has 0 aliphatic heterocycles. The summed E-state index contributed by atoms with van der Waals surface area (Å²) in [5.74, 6) is 1.39. The van der Waals surface area contributed by atoms with Crippen molar-refractivity contribution in [3.63, 3.8) is 0 Å². The standard InChI is InChI=1S/C9H19O/c1-5-7-9(8(3)4)10-6-2/h9H,5-7H2,1-4H3. The highest BCUT2D eigenvalue weighted by Gasteiger charge is 2.11. The molecule has 0 saturated heterocycles. The summed E-state index contributed by atoms with van der Waals surface area (Å²) >= 11 is 0. The molecule has 0 amide bonds. The Morgan fingerprint density at radius 2 is 1.90 bits per heavy atom. The van der Waals surface area contributed by atoms with Gasteiger partial charge in [0.25, 0.3) is 0 Å². The van der Waals surface area contributed by atoms with Gasteiger partial charge in [-0.2, -0.15) is 0 Å². The van der Waals surface area contributed by atoms with Crippen molar-refractivity contribution in [2.24, 2.45) is 0 Å². The highest BCUT2D eigenvalue weighted by molar-refractivity contribution is 4.87. The van der Waals surface area contributed by atoms with Gasteiger partial charge in [-0.1, -0.05) is 27.2 Å². The maximum Gasteiger partial charge on any atom is 0.0631 e. The third-order valence-corrected chi connectivity index (χ3v) is 1.56. The van der Waals surface area contributed by atoms with Gasteiger partial charge in [-0.15, -0.1) is 0 Å². The van der Waals surface area contributed by atoms with Gasteiger partial charge in [0.1, 0.15) is 0 Å². The van der Waals surface area contributed by atoms with E-state index in [4.69, 9.17) is 4.74 Å². The van der Waals surface area contributed by atoms with E-state index < -0.39 is 0 Å². The Hall–Kier alpha value is -0.0400. The van der Waals surface area contributed by atoms with Gasteiger partial charge in [0.05, 0.1) is 6.10 Å². The summed E-state index contributed by atoms with van der Waals surface area (Å²) in [6.45, 7) is 9.34. The van der Waals surface area contributed by atoms with Crippen molar-refractivity contribution >= 4 is 0 Å². The average Bonchev–Trinajstić information content (AvgIpc) is 1.87. The van der Waals surface area contributed by atoms with Crippen LogP contribution in [0.1, 0.15) is 40.5 Å². The molecule has 1 unspecified atom stereocenters. The van der Waals surface area contributed by atoms with Crippen molar-refractivity contribution in [2.75, 3.05) is 6.61 Å². The first-order valence-corrected chi connectivity index (χ1v) is 4.14. The smallest absolute Gasteiger partial charge is 0.0631 e. The van der Waals surface area contributed by atoms with Gasteiger partial charge in [-0.05, 0) is 19.3 Å². The molecule has 0 aliphatic rings. The van der Waals surface area contributed by atoms with Crippen LogP contribution >= 0.6 is 0 Å². The Kier molecular flexibility index (Phi) is 5.70. The number of rotatable bonds is 5. The minimum absolute atomic E-state index is 0.398. The zero-order valence-electron chi connectivity index (χ0n) is 7.61. The van der Waals surface area contributed by atoms with Crippen LogP contribution in [0.25, 0.3) is 0 Å². The molecule has 61 valence electrons. The average molecular weight is 143 g/mol. The molecule has 0 fully saturated rings. The fraction of sp³-hybridized carbons (Fsp3) is 0.889. The van der Waals surface area contributed by atoms with Crippen molar-refractivity contribution in [3.05, 3.63) is 5.92 Å². The van der Waals surface area contributed by atoms with Gasteiger partial charge >= 0.3 is 0 Å². The SMILES string of the molecule is CCCC(OCC)[C](C)C. The van der Waals surface area contributed by atoms with Gasteiger partial charge < -0.3 is 4.74 Å². The normalized spacial score (nSPS) is 14.1. The molecule has 1 heteroatoms. The first-order valence-electron chi connectivity index (χ1n) is 4.14. The van der Waals surface area contributed by atoms with Crippen molar-refractivity contribution in [2.45, 2.75) is 46.6 Å². The van der Waals surface area contributed by atoms with Crippen LogP contribution in [0.3, 0.4) is 0 Å². The van der Waals surface area contributed by atoms with Crippen molar-refractivity contribution in [3.8, 4) is 0 Å². The molecule has 0 N–H and O–H groups in total. The van der Waals surface area contributed by atoms with E-state index in [0.717, 1.165) is 13.0 Å². The van der Waals surface area contributed by atoms with Crippen LogP contribution in [0.15, 0.2) is 0 Å². The van der Waals surface area contributed by atoms with Gasteiger partial charge in [-0.25, -0.2) is 0 Å². The summed E-state index contributed by atoms with van der Waals surface area (Å²) in [6.07, 6.45) is 2.77. The Bertz CT molecular complexity index is 63.1. The molecule has 0 aromatic rings. The fourth-order valence-corrected chi connectivity index (χ4v) is 1.00. The summed E-state index contributed by atoms with van der Waals surface area (Å²) in [6, 6.07) is 0. The lowest BCUT2D eigenvalue weighted by atomic mass is 10.0. The minimum Gasteiger partial charge on any atom is -0.378 e. The Labute approximate surface area is 64.8 Å². The summed E-state index contributed by atoms with van der Waals surface area (Å²) in [5, 5.41) is 0. The summed E-state index contributed by atoms with van der Waals surface area (Å²) in [4.78, 5) is 0. The Balaban J connectivity index is 3.50. The second-order valence-corrected chi connectivity index (χ2v) is 2.81. The number of hydrogen-bond acceptors (Lipinski definition) is 1. The second-order valence-electron chi connectivity index (χ2n) is 2.81. The van der Waals surface area contributed by atoms with Gasteiger partial charge in [0.15, 0.2) is 0 Å². The second kappa shape index (κ2) is 5.72. The Morgan fingerprint density at radius 3 is 2.20 bits per heavy atom. The van der Waals surface area contributed by atoms with Crippen LogP contribution in [-0.2, 0) is 4.74 Å². The molecule has 10 heavy (non-hydrogen) atoms. The molecule has 0 heterocycles. The molecule has 0 spiro atoms. The Morgan fingerprint density at radius 1 is 1.30 bits per heavy atom. The highest BCUT2D eigenvalue weighted by atomic mass is 16.5. The topological polar surface area (TPSA) is 9.23 Å². The lowest BCUT2D eigenvalue weighted by molar-refractivity contribution is 0.0671. The van der Waals surface area contributed by atoms with E-state index in [1.807, 2.05) is 6.92 Å². The van der Waals surface area contributed by atoms with Crippen LogP contribution in [0.2, 0.25) is 0 Å². The van der Waals surface area contributed by atoms with E-state index >= 15 is 0 Å². The van der Waals surface area contributed by atoms with Crippen LogP contribution in [0, 0.1) is 5.92 Å². The predicted molar refractivity (Wildman–Crippen MR) is 44.9 cm³/mol. The van der Waals surface area contributed by atoms with Crippen molar-refractivity contribution in [1.82, 2.24) is 0 Å². The van der Waals surface area contributed by atoms with E-state index in [2.05, 4.69) is 20.8 Å². The minimum atomic E-state index is 0.398. The summed E-state index contributed by atoms with van der Waals surface area (Å²) in [7, 11) is 0. The third-order valence-electron chi connectivity index (χ3n) is 1.56. The quantitative estimate of drug-likeness (QED) is 0.575. The maximum atomic E-state index is 5.51. The molecule has 0 aromatic heterocycles. The molecule has 0 bridgehead atoms. The molecular formula is C9H19O. The number of hydrogen-bond donors (Lipinski definition) is 0. The van der Waals surface area contributed by atoms with E-state index in [1.165, 1.54) is 12.3 Å². The van der Waals surface area contributed by atoms with E-state index in [-0.39, 0.29) is 0 Å². The van der Waals surface area contributed by atoms with Gasteiger partial charge in [0.2, 0.25) is 0 Å².